The van der Waals surface area contributed by atoms with Crippen molar-refractivity contribution in [3.8, 4) is 0 Å². The fraction of sp³-hybridized carbons (Fsp3) is 0.125. The predicted octanol–water partition coefficient (Wildman–Crippen LogP) is 3.12. The van der Waals surface area contributed by atoms with Crippen LogP contribution in [0.1, 0.15) is 23.7 Å². The zero-order valence-electron chi connectivity index (χ0n) is 12.7. The molecule has 0 aliphatic carbocycles. The van der Waals surface area contributed by atoms with Crippen molar-refractivity contribution in [3.63, 3.8) is 0 Å². The van der Waals surface area contributed by atoms with Crippen molar-refractivity contribution in [2.24, 2.45) is 5.10 Å². The van der Waals surface area contributed by atoms with E-state index < -0.39 is 17.6 Å². The van der Waals surface area contributed by atoms with Crippen LogP contribution in [0.5, 0.6) is 0 Å². The van der Waals surface area contributed by atoms with E-state index in [9.17, 15) is 14.0 Å². The zero-order valence-corrected chi connectivity index (χ0v) is 14.3. The molecule has 2 aromatic rings. The van der Waals surface area contributed by atoms with Gasteiger partial charge < -0.3 is 5.32 Å². The van der Waals surface area contributed by atoms with Crippen molar-refractivity contribution >= 4 is 39.1 Å². The molecule has 0 atom stereocenters. The van der Waals surface area contributed by atoms with Crippen LogP contribution in [0.15, 0.2) is 52.3 Å². The van der Waals surface area contributed by atoms with Crippen LogP contribution in [0.2, 0.25) is 0 Å². The fourth-order valence-corrected chi connectivity index (χ4v) is 2.10. The van der Waals surface area contributed by atoms with Crippen molar-refractivity contribution < 1.29 is 14.0 Å². The number of hydrogen-bond donors (Lipinski definition) is 2. The van der Waals surface area contributed by atoms with Crippen molar-refractivity contribution in [2.45, 2.75) is 13.3 Å². The Balaban J connectivity index is 1.90. The lowest BCUT2D eigenvalue weighted by Gasteiger charge is -2.07. The normalized spacial score (nSPS) is 11.0. The van der Waals surface area contributed by atoms with E-state index >= 15 is 0 Å². The number of carbonyl (C=O) groups is 2. The smallest absolute Gasteiger partial charge is 0.272 e. The Morgan fingerprint density at radius 2 is 2.12 bits per heavy atom. The molecule has 2 N–H and O–H groups in total. The molecule has 2 amide bonds. The maximum atomic E-state index is 13.7. The van der Waals surface area contributed by atoms with E-state index in [0.29, 0.717) is 15.7 Å². The minimum atomic E-state index is -0.544. The number of hydrogen-bond acceptors (Lipinski definition) is 4. The SMILES string of the molecule is CC(CC(=O)Nc1ccc(Br)cc1F)=NNC(=O)c1cccnc1. The first kappa shape index (κ1) is 17.7. The molecular weight excluding hydrogens is 379 g/mol. The number of nitrogens with zero attached hydrogens (tertiary/aromatic N) is 2. The lowest BCUT2D eigenvalue weighted by atomic mass is 10.2. The fourth-order valence-electron chi connectivity index (χ4n) is 1.76. The summed E-state index contributed by atoms with van der Waals surface area (Å²) in [6.07, 6.45) is 2.88. The molecule has 0 spiro atoms. The highest BCUT2D eigenvalue weighted by molar-refractivity contribution is 9.10. The van der Waals surface area contributed by atoms with Crippen LogP contribution in [-0.4, -0.2) is 22.5 Å². The van der Waals surface area contributed by atoms with Crippen molar-refractivity contribution in [1.29, 1.82) is 0 Å². The second-order valence-corrected chi connectivity index (χ2v) is 5.79. The number of halogens is 2. The number of anilines is 1. The first-order valence-electron chi connectivity index (χ1n) is 6.94. The van der Waals surface area contributed by atoms with Crippen LogP contribution in [0.3, 0.4) is 0 Å². The largest absolute Gasteiger partial charge is 0.323 e. The molecule has 1 aromatic carbocycles. The summed E-state index contributed by atoms with van der Waals surface area (Å²) in [5.74, 6) is -1.41. The van der Waals surface area contributed by atoms with Gasteiger partial charge in [-0.1, -0.05) is 15.9 Å². The standard InChI is InChI=1S/C16H14BrFN4O2/c1-10(21-22-16(24)11-3-2-6-19-9-11)7-15(23)20-14-5-4-12(17)8-13(14)18/h2-6,8-9H,7H2,1H3,(H,20,23)(H,22,24). The summed E-state index contributed by atoms with van der Waals surface area (Å²) in [7, 11) is 0. The summed E-state index contributed by atoms with van der Waals surface area (Å²) in [5, 5.41) is 6.30. The van der Waals surface area contributed by atoms with Gasteiger partial charge in [-0.15, -0.1) is 0 Å². The Morgan fingerprint density at radius 1 is 1.33 bits per heavy atom. The number of rotatable bonds is 5. The summed E-state index contributed by atoms with van der Waals surface area (Å²) in [4.78, 5) is 27.5. The third kappa shape index (κ3) is 5.24. The summed E-state index contributed by atoms with van der Waals surface area (Å²) >= 11 is 3.14. The summed E-state index contributed by atoms with van der Waals surface area (Å²) in [5.41, 5.74) is 3.15. The van der Waals surface area contributed by atoms with Gasteiger partial charge in [0, 0.05) is 22.6 Å². The molecule has 0 saturated heterocycles. The highest BCUT2D eigenvalue weighted by Gasteiger charge is 2.09. The molecule has 0 fully saturated rings. The Labute approximate surface area is 146 Å². The molecule has 0 radical (unpaired) electrons. The maximum Gasteiger partial charge on any atom is 0.272 e. The van der Waals surface area contributed by atoms with E-state index in [-0.39, 0.29) is 12.1 Å². The first-order valence-corrected chi connectivity index (χ1v) is 7.73. The lowest BCUT2D eigenvalue weighted by molar-refractivity contribution is -0.115. The molecule has 6 nitrogen and oxygen atoms in total. The third-order valence-corrected chi connectivity index (χ3v) is 3.39. The molecule has 24 heavy (non-hydrogen) atoms. The van der Waals surface area contributed by atoms with Gasteiger partial charge >= 0.3 is 0 Å². The summed E-state index contributed by atoms with van der Waals surface area (Å²) in [6, 6.07) is 7.55. The lowest BCUT2D eigenvalue weighted by Crippen LogP contribution is -2.21. The molecule has 2 rings (SSSR count). The molecule has 1 aromatic heterocycles. The van der Waals surface area contributed by atoms with Gasteiger partial charge in [0.05, 0.1) is 17.7 Å². The number of hydrazone groups is 1. The number of amides is 2. The molecule has 0 saturated carbocycles. The van der Waals surface area contributed by atoms with Crippen molar-refractivity contribution in [3.05, 3.63) is 58.6 Å². The van der Waals surface area contributed by atoms with E-state index in [1.54, 1.807) is 31.3 Å². The minimum Gasteiger partial charge on any atom is -0.323 e. The quantitative estimate of drug-likeness (QED) is 0.605. The molecule has 8 heteroatoms. The minimum absolute atomic E-state index is 0.0791. The van der Waals surface area contributed by atoms with Crippen molar-refractivity contribution in [2.75, 3.05) is 5.32 Å². The summed E-state index contributed by atoms with van der Waals surface area (Å²) in [6.45, 7) is 1.58. The number of aromatic nitrogens is 1. The Morgan fingerprint density at radius 3 is 2.79 bits per heavy atom. The molecule has 0 aliphatic heterocycles. The van der Waals surface area contributed by atoms with Gasteiger partial charge in [0.25, 0.3) is 5.91 Å². The Kier molecular flexibility index (Phi) is 6.14. The van der Waals surface area contributed by atoms with Gasteiger partial charge in [-0.05, 0) is 37.3 Å². The molecule has 0 bridgehead atoms. The van der Waals surface area contributed by atoms with Gasteiger partial charge in [0.2, 0.25) is 5.91 Å². The topological polar surface area (TPSA) is 83.5 Å². The molecule has 0 aliphatic rings. The van der Waals surface area contributed by atoms with Crippen LogP contribution >= 0.6 is 15.9 Å². The second kappa shape index (κ2) is 8.30. The van der Waals surface area contributed by atoms with Crippen LogP contribution in [0.25, 0.3) is 0 Å². The molecule has 0 unspecified atom stereocenters. The third-order valence-electron chi connectivity index (χ3n) is 2.89. The predicted molar refractivity (Wildman–Crippen MR) is 92.2 cm³/mol. The van der Waals surface area contributed by atoms with E-state index in [4.69, 9.17) is 0 Å². The van der Waals surface area contributed by atoms with Gasteiger partial charge in [-0.25, -0.2) is 9.82 Å². The molecular formula is C16H14BrFN4O2. The van der Waals surface area contributed by atoms with E-state index in [1.165, 1.54) is 18.3 Å². The maximum absolute atomic E-state index is 13.7. The van der Waals surface area contributed by atoms with Crippen LogP contribution < -0.4 is 10.7 Å². The average molecular weight is 393 g/mol. The summed E-state index contributed by atoms with van der Waals surface area (Å²) < 4.78 is 14.2. The van der Waals surface area contributed by atoms with E-state index in [0.717, 1.165) is 0 Å². The number of benzene rings is 1. The monoisotopic (exact) mass is 392 g/mol. The van der Waals surface area contributed by atoms with E-state index in [2.05, 4.69) is 36.8 Å². The zero-order chi connectivity index (χ0) is 17.5. The van der Waals surface area contributed by atoms with Gasteiger partial charge in [-0.3, -0.25) is 14.6 Å². The van der Waals surface area contributed by atoms with Crippen LogP contribution in [0, 0.1) is 5.82 Å². The van der Waals surface area contributed by atoms with Gasteiger partial charge in [0.15, 0.2) is 0 Å². The molecule has 124 valence electrons. The van der Waals surface area contributed by atoms with Crippen LogP contribution in [0.4, 0.5) is 10.1 Å². The van der Waals surface area contributed by atoms with Gasteiger partial charge in [0.1, 0.15) is 5.82 Å². The van der Waals surface area contributed by atoms with Crippen molar-refractivity contribution in [1.82, 2.24) is 10.4 Å². The number of pyridine rings is 1. The first-order chi connectivity index (χ1) is 11.5. The Bertz CT molecular complexity index is 781. The van der Waals surface area contributed by atoms with E-state index in [1.807, 2.05) is 0 Å². The van der Waals surface area contributed by atoms with Gasteiger partial charge in [-0.2, -0.15) is 5.10 Å². The highest BCUT2D eigenvalue weighted by atomic mass is 79.9. The van der Waals surface area contributed by atoms with Crippen LogP contribution in [-0.2, 0) is 4.79 Å². The average Bonchev–Trinajstić information content (AvgIpc) is 2.56. The number of nitrogens with one attached hydrogen (secondary N) is 2. The molecule has 1 heterocycles. The highest BCUT2D eigenvalue weighted by Crippen LogP contribution is 2.19. The number of carbonyl (C=O) groups excluding carboxylic acids is 2. The Hall–Kier alpha value is -2.61. The second-order valence-electron chi connectivity index (χ2n) is 4.88.